The molecule has 6 heteroatoms. The number of hydrogen-bond donors (Lipinski definition) is 2. The quantitative estimate of drug-likeness (QED) is 0.657. The Balaban J connectivity index is 3.08. The Morgan fingerprint density at radius 2 is 2.00 bits per heavy atom. The maximum Gasteiger partial charge on any atom is 0.372 e. The lowest BCUT2D eigenvalue weighted by Crippen LogP contribution is -2.73. The highest BCUT2D eigenvalue weighted by atomic mass is 28.4. The van der Waals surface area contributed by atoms with Gasteiger partial charge in [0.1, 0.15) is 5.22 Å². The van der Waals surface area contributed by atoms with Gasteiger partial charge in [-0.2, -0.15) is 0 Å². The van der Waals surface area contributed by atoms with E-state index in [-0.39, 0.29) is 11.3 Å². The molecule has 1 fully saturated rings. The van der Waals surface area contributed by atoms with Gasteiger partial charge in [-0.05, 0) is 25.3 Å². The summed E-state index contributed by atoms with van der Waals surface area (Å²) in [6.07, 6.45) is 4.22. The first-order valence-electron chi connectivity index (χ1n) is 7.25. The lowest BCUT2D eigenvalue weighted by molar-refractivity contribution is -0.0369. The SMILES string of the molecule is CCCC1(OC)C(NCCN)CCC[Si]1(OC)OC. The molecule has 0 spiro atoms. The van der Waals surface area contributed by atoms with Crippen LogP contribution in [0.25, 0.3) is 0 Å². The van der Waals surface area contributed by atoms with Crippen molar-refractivity contribution in [3.05, 3.63) is 0 Å². The summed E-state index contributed by atoms with van der Waals surface area (Å²) in [6.45, 7) is 3.62. The van der Waals surface area contributed by atoms with Crippen LogP contribution in [0.3, 0.4) is 0 Å². The van der Waals surface area contributed by atoms with Gasteiger partial charge in [0, 0.05) is 40.5 Å². The Labute approximate surface area is 118 Å². The minimum atomic E-state index is -2.37. The van der Waals surface area contributed by atoms with Crippen LogP contribution in [0.15, 0.2) is 0 Å². The average Bonchev–Trinajstić information content (AvgIpc) is 2.46. The summed E-state index contributed by atoms with van der Waals surface area (Å²) in [5.74, 6) is 0. The molecular weight excluding hydrogens is 260 g/mol. The molecule has 19 heavy (non-hydrogen) atoms. The lowest BCUT2D eigenvalue weighted by Gasteiger charge is -2.52. The van der Waals surface area contributed by atoms with Crippen LogP contribution in [-0.4, -0.2) is 54.2 Å². The first-order valence-corrected chi connectivity index (χ1v) is 9.27. The smallest absolute Gasteiger partial charge is 0.372 e. The fourth-order valence-corrected chi connectivity index (χ4v) is 7.62. The third-order valence-electron chi connectivity index (χ3n) is 4.39. The van der Waals surface area contributed by atoms with E-state index >= 15 is 0 Å². The van der Waals surface area contributed by atoms with Gasteiger partial charge < -0.3 is 24.6 Å². The minimum Gasteiger partial charge on any atom is -0.396 e. The Morgan fingerprint density at radius 3 is 2.47 bits per heavy atom. The molecule has 0 saturated carbocycles. The molecule has 5 nitrogen and oxygen atoms in total. The highest BCUT2D eigenvalue weighted by Crippen LogP contribution is 2.42. The van der Waals surface area contributed by atoms with Crippen LogP contribution >= 0.6 is 0 Å². The van der Waals surface area contributed by atoms with E-state index in [0.717, 1.165) is 38.3 Å². The van der Waals surface area contributed by atoms with Crippen molar-refractivity contribution in [1.29, 1.82) is 0 Å². The summed E-state index contributed by atoms with van der Waals surface area (Å²) in [7, 11) is 2.96. The molecule has 2 unspecified atom stereocenters. The Hall–Kier alpha value is 0.0169. The predicted octanol–water partition coefficient (Wildman–Crippen LogP) is 1.16. The molecule has 1 heterocycles. The van der Waals surface area contributed by atoms with Crippen molar-refractivity contribution < 1.29 is 13.6 Å². The molecule has 0 bridgehead atoms. The van der Waals surface area contributed by atoms with Gasteiger partial charge in [-0.1, -0.05) is 13.3 Å². The number of ether oxygens (including phenoxy) is 1. The average molecular weight is 290 g/mol. The van der Waals surface area contributed by atoms with Crippen molar-refractivity contribution in [2.75, 3.05) is 34.4 Å². The molecule has 0 aliphatic carbocycles. The summed E-state index contributed by atoms with van der Waals surface area (Å²) in [4.78, 5) is 0. The molecule has 1 aliphatic rings. The van der Waals surface area contributed by atoms with Gasteiger partial charge in [0.15, 0.2) is 0 Å². The van der Waals surface area contributed by atoms with Crippen molar-refractivity contribution in [3.8, 4) is 0 Å². The van der Waals surface area contributed by atoms with Crippen molar-refractivity contribution >= 4 is 8.56 Å². The van der Waals surface area contributed by atoms with Crippen LogP contribution in [0.1, 0.15) is 32.6 Å². The Bertz CT molecular complexity index is 264. The van der Waals surface area contributed by atoms with Gasteiger partial charge in [-0.15, -0.1) is 0 Å². The topological polar surface area (TPSA) is 65.7 Å². The van der Waals surface area contributed by atoms with E-state index in [0.29, 0.717) is 6.54 Å². The number of hydrogen-bond acceptors (Lipinski definition) is 5. The maximum absolute atomic E-state index is 6.04. The second-order valence-electron chi connectivity index (χ2n) is 5.19. The van der Waals surface area contributed by atoms with Gasteiger partial charge in [0.2, 0.25) is 0 Å². The number of methoxy groups -OCH3 is 1. The molecule has 1 aliphatic heterocycles. The molecule has 1 rings (SSSR count). The lowest BCUT2D eigenvalue weighted by atomic mass is 9.99. The largest absolute Gasteiger partial charge is 0.396 e. The van der Waals surface area contributed by atoms with Crippen molar-refractivity contribution in [1.82, 2.24) is 5.32 Å². The van der Waals surface area contributed by atoms with Gasteiger partial charge in [0.05, 0.1) is 0 Å². The standard InChI is InChI=1S/C13H30N2O3Si/c1-5-8-13(16-2)12(15-10-9-14)7-6-11-19(13,17-3)18-4/h12,15H,5-11,14H2,1-4H3. The molecular formula is C13H30N2O3Si. The van der Waals surface area contributed by atoms with Crippen LogP contribution in [0.2, 0.25) is 6.04 Å². The molecule has 0 aromatic heterocycles. The number of rotatable bonds is 8. The zero-order valence-corrected chi connectivity index (χ0v) is 13.8. The molecule has 114 valence electrons. The third-order valence-corrected chi connectivity index (χ3v) is 8.81. The zero-order valence-electron chi connectivity index (χ0n) is 12.8. The summed E-state index contributed by atoms with van der Waals surface area (Å²) in [5, 5.41) is 3.23. The van der Waals surface area contributed by atoms with Crippen molar-refractivity contribution in [2.45, 2.75) is 49.9 Å². The van der Waals surface area contributed by atoms with Crippen LogP contribution in [0.4, 0.5) is 0 Å². The highest BCUT2D eigenvalue weighted by molar-refractivity contribution is 6.71. The van der Waals surface area contributed by atoms with E-state index in [2.05, 4.69) is 12.2 Å². The minimum absolute atomic E-state index is 0.265. The molecule has 0 amide bonds. The second kappa shape index (κ2) is 7.71. The van der Waals surface area contributed by atoms with E-state index in [9.17, 15) is 0 Å². The molecule has 1 saturated heterocycles. The first kappa shape index (κ1) is 17.1. The zero-order chi connectivity index (χ0) is 14.4. The van der Waals surface area contributed by atoms with Gasteiger partial charge in [-0.25, -0.2) is 0 Å². The van der Waals surface area contributed by atoms with E-state index in [1.165, 1.54) is 0 Å². The van der Waals surface area contributed by atoms with Crippen LogP contribution in [-0.2, 0) is 13.6 Å². The van der Waals surface area contributed by atoms with Gasteiger partial charge in [0.25, 0.3) is 0 Å². The van der Waals surface area contributed by atoms with Gasteiger partial charge in [-0.3, -0.25) is 0 Å². The summed E-state index contributed by atoms with van der Waals surface area (Å²) in [5.41, 5.74) is 5.63. The monoisotopic (exact) mass is 290 g/mol. The summed E-state index contributed by atoms with van der Waals surface area (Å²) < 4.78 is 17.9. The summed E-state index contributed by atoms with van der Waals surface area (Å²) in [6, 6.07) is 1.26. The fourth-order valence-electron chi connectivity index (χ4n) is 3.54. The first-order chi connectivity index (χ1) is 9.16. The van der Waals surface area contributed by atoms with E-state index < -0.39 is 8.56 Å². The van der Waals surface area contributed by atoms with E-state index in [4.69, 9.17) is 19.3 Å². The fraction of sp³-hybridized carbons (Fsp3) is 1.00. The molecule has 3 N–H and O–H groups in total. The molecule has 0 aromatic rings. The second-order valence-corrected chi connectivity index (χ2v) is 8.86. The third kappa shape index (κ3) is 3.04. The molecule has 0 aromatic carbocycles. The van der Waals surface area contributed by atoms with Crippen LogP contribution in [0, 0.1) is 0 Å². The van der Waals surface area contributed by atoms with Gasteiger partial charge >= 0.3 is 8.56 Å². The van der Waals surface area contributed by atoms with Crippen LogP contribution < -0.4 is 11.1 Å². The summed E-state index contributed by atoms with van der Waals surface area (Å²) >= 11 is 0. The predicted molar refractivity (Wildman–Crippen MR) is 79.3 cm³/mol. The Kier molecular flexibility index (Phi) is 6.92. The van der Waals surface area contributed by atoms with Crippen molar-refractivity contribution in [3.63, 3.8) is 0 Å². The van der Waals surface area contributed by atoms with Crippen LogP contribution in [0.5, 0.6) is 0 Å². The van der Waals surface area contributed by atoms with E-state index in [1.807, 2.05) is 0 Å². The van der Waals surface area contributed by atoms with Crippen molar-refractivity contribution in [2.24, 2.45) is 5.73 Å². The number of nitrogens with two attached hydrogens (primary N) is 1. The molecule has 2 atom stereocenters. The van der Waals surface area contributed by atoms with E-state index in [1.54, 1.807) is 21.3 Å². The molecule has 0 radical (unpaired) electrons. The highest BCUT2D eigenvalue weighted by Gasteiger charge is 2.62. The normalized spacial score (nSPS) is 30.5. The Morgan fingerprint density at radius 1 is 1.32 bits per heavy atom. The number of nitrogens with one attached hydrogen (secondary N) is 1. The maximum atomic E-state index is 6.04.